The molecule has 1 unspecified atom stereocenters. The molecule has 1 aromatic rings. The Kier molecular flexibility index (Phi) is 4.85. The standard InChI is InChI=1S/C10H17N3O4S/c1-3-5-9(10(14)15)12-18(16,17)8-6-11-13(4-2)7-8/h6-7,9,12H,3-5H2,1-2H3,(H,14,15). The topological polar surface area (TPSA) is 101 Å². The summed E-state index contributed by atoms with van der Waals surface area (Å²) in [7, 11) is -3.83. The molecule has 0 amide bonds. The van der Waals surface area contributed by atoms with E-state index in [9.17, 15) is 13.2 Å². The highest BCUT2D eigenvalue weighted by Gasteiger charge is 2.25. The number of aromatic nitrogens is 2. The summed E-state index contributed by atoms with van der Waals surface area (Å²) in [5.41, 5.74) is 0. The number of aliphatic carboxylic acids is 1. The molecule has 0 spiro atoms. The van der Waals surface area contributed by atoms with Crippen LogP contribution in [-0.4, -0.2) is 35.3 Å². The zero-order chi connectivity index (χ0) is 13.8. The molecule has 102 valence electrons. The Bertz CT molecular complexity index is 509. The van der Waals surface area contributed by atoms with Crippen LogP contribution in [0.1, 0.15) is 26.7 Å². The number of rotatable bonds is 7. The van der Waals surface area contributed by atoms with Crippen LogP contribution in [0.4, 0.5) is 0 Å². The Morgan fingerprint density at radius 2 is 2.22 bits per heavy atom. The van der Waals surface area contributed by atoms with Crippen LogP contribution >= 0.6 is 0 Å². The van der Waals surface area contributed by atoms with Gasteiger partial charge in [-0.2, -0.15) is 9.82 Å². The van der Waals surface area contributed by atoms with Crippen molar-refractivity contribution in [1.29, 1.82) is 0 Å². The molecule has 1 aromatic heterocycles. The number of carbonyl (C=O) groups is 1. The lowest BCUT2D eigenvalue weighted by Gasteiger charge is -2.12. The van der Waals surface area contributed by atoms with Crippen LogP contribution in [0.2, 0.25) is 0 Å². The first-order valence-electron chi connectivity index (χ1n) is 5.68. The van der Waals surface area contributed by atoms with Crippen molar-refractivity contribution in [2.45, 2.75) is 44.2 Å². The molecular weight excluding hydrogens is 258 g/mol. The van der Waals surface area contributed by atoms with Gasteiger partial charge in [0.05, 0.1) is 6.20 Å². The quantitative estimate of drug-likeness (QED) is 0.751. The van der Waals surface area contributed by atoms with Crippen LogP contribution in [-0.2, 0) is 21.4 Å². The van der Waals surface area contributed by atoms with Crippen LogP contribution in [0, 0.1) is 0 Å². The second kappa shape index (κ2) is 5.96. The summed E-state index contributed by atoms with van der Waals surface area (Å²) < 4.78 is 27.5. The molecule has 7 nitrogen and oxygen atoms in total. The molecule has 1 heterocycles. The Hall–Kier alpha value is -1.41. The average molecular weight is 275 g/mol. The van der Waals surface area contributed by atoms with Gasteiger partial charge in [0, 0.05) is 12.7 Å². The van der Waals surface area contributed by atoms with Gasteiger partial charge in [-0.25, -0.2) is 8.42 Å². The van der Waals surface area contributed by atoms with Crippen LogP contribution in [0.25, 0.3) is 0 Å². The van der Waals surface area contributed by atoms with Gasteiger partial charge >= 0.3 is 5.97 Å². The summed E-state index contributed by atoms with van der Waals surface area (Å²) in [4.78, 5) is 10.9. The Morgan fingerprint density at radius 1 is 1.56 bits per heavy atom. The predicted molar refractivity (Wildman–Crippen MR) is 64.6 cm³/mol. The van der Waals surface area contributed by atoms with Gasteiger partial charge in [0.2, 0.25) is 10.0 Å². The molecular formula is C10H17N3O4S. The summed E-state index contributed by atoms with van der Waals surface area (Å²) in [6.45, 7) is 4.17. The van der Waals surface area contributed by atoms with Crippen molar-refractivity contribution in [2.24, 2.45) is 0 Å². The zero-order valence-electron chi connectivity index (χ0n) is 10.3. The number of nitrogens with zero attached hydrogens (tertiary/aromatic N) is 2. The molecule has 18 heavy (non-hydrogen) atoms. The van der Waals surface area contributed by atoms with Gasteiger partial charge in [0.15, 0.2) is 0 Å². The van der Waals surface area contributed by atoms with Crippen molar-refractivity contribution < 1.29 is 18.3 Å². The lowest BCUT2D eigenvalue weighted by atomic mass is 10.2. The van der Waals surface area contributed by atoms with E-state index >= 15 is 0 Å². The second-order valence-corrected chi connectivity index (χ2v) is 5.55. The van der Waals surface area contributed by atoms with Gasteiger partial charge in [-0.3, -0.25) is 9.48 Å². The Labute approximate surface area is 106 Å². The minimum atomic E-state index is -3.83. The van der Waals surface area contributed by atoms with Crippen molar-refractivity contribution >= 4 is 16.0 Å². The number of carboxylic acid groups (broad SMARTS) is 1. The fourth-order valence-electron chi connectivity index (χ4n) is 1.43. The second-order valence-electron chi connectivity index (χ2n) is 3.83. The van der Waals surface area contributed by atoms with Gasteiger partial charge in [-0.1, -0.05) is 13.3 Å². The molecule has 0 saturated carbocycles. The molecule has 1 rings (SSSR count). The molecule has 0 fully saturated rings. The van der Waals surface area contributed by atoms with E-state index in [2.05, 4.69) is 9.82 Å². The maximum atomic E-state index is 11.9. The van der Waals surface area contributed by atoms with Gasteiger partial charge in [0.25, 0.3) is 0 Å². The van der Waals surface area contributed by atoms with E-state index in [0.29, 0.717) is 13.0 Å². The fourth-order valence-corrected chi connectivity index (χ4v) is 2.61. The summed E-state index contributed by atoms with van der Waals surface area (Å²) in [5, 5.41) is 12.8. The molecule has 0 aliphatic heterocycles. The zero-order valence-corrected chi connectivity index (χ0v) is 11.1. The third kappa shape index (κ3) is 3.54. The van der Waals surface area contributed by atoms with Crippen LogP contribution in [0.5, 0.6) is 0 Å². The summed E-state index contributed by atoms with van der Waals surface area (Å²) in [6, 6.07) is -1.11. The van der Waals surface area contributed by atoms with Crippen molar-refractivity contribution in [1.82, 2.24) is 14.5 Å². The lowest BCUT2D eigenvalue weighted by molar-refractivity contribution is -0.139. The van der Waals surface area contributed by atoms with Crippen LogP contribution in [0.15, 0.2) is 17.3 Å². The molecule has 0 aromatic carbocycles. The number of nitrogens with one attached hydrogen (secondary N) is 1. The molecule has 0 bridgehead atoms. The summed E-state index contributed by atoms with van der Waals surface area (Å²) in [5.74, 6) is -1.18. The SMILES string of the molecule is CCCC(NS(=O)(=O)c1cnn(CC)c1)C(=O)O. The van der Waals surface area contributed by atoms with Gasteiger partial charge in [-0.05, 0) is 13.3 Å². The first-order valence-corrected chi connectivity index (χ1v) is 7.16. The third-order valence-electron chi connectivity index (χ3n) is 2.42. The highest BCUT2D eigenvalue weighted by Crippen LogP contribution is 2.09. The minimum Gasteiger partial charge on any atom is -0.480 e. The van der Waals surface area contributed by atoms with Crippen LogP contribution in [0.3, 0.4) is 0 Å². The molecule has 0 aliphatic rings. The lowest BCUT2D eigenvalue weighted by Crippen LogP contribution is -2.40. The number of aryl methyl sites for hydroxylation is 1. The van der Waals surface area contributed by atoms with E-state index in [1.807, 2.05) is 6.92 Å². The molecule has 0 aliphatic carbocycles. The number of hydrogen-bond donors (Lipinski definition) is 2. The minimum absolute atomic E-state index is 0.0216. The van der Waals surface area contributed by atoms with Gasteiger partial charge in [-0.15, -0.1) is 0 Å². The van der Waals surface area contributed by atoms with E-state index in [4.69, 9.17) is 5.11 Å². The first kappa shape index (κ1) is 14.7. The van der Waals surface area contributed by atoms with Crippen molar-refractivity contribution in [3.05, 3.63) is 12.4 Å². The molecule has 1 atom stereocenters. The molecule has 0 radical (unpaired) electrons. The Morgan fingerprint density at radius 3 is 2.67 bits per heavy atom. The number of carboxylic acids is 1. The maximum Gasteiger partial charge on any atom is 0.321 e. The first-order chi connectivity index (χ1) is 8.40. The van der Waals surface area contributed by atoms with Gasteiger partial charge < -0.3 is 5.11 Å². The summed E-state index contributed by atoms with van der Waals surface area (Å²) in [6.07, 6.45) is 3.40. The third-order valence-corrected chi connectivity index (χ3v) is 3.84. The van der Waals surface area contributed by atoms with E-state index < -0.39 is 22.0 Å². The van der Waals surface area contributed by atoms with E-state index in [1.165, 1.54) is 17.1 Å². The normalized spacial score (nSPS) is 13.4. The van der Waals surface area contributed by atoms with Crippen molar-refractivity contribution in [2.75, 3.05) is 0 Å². The highest BCUT2D eigenvalue weighted by molar-refractivity contribution is 7.89. The van der Waals surface area contributed by atoms with Crippen molar-refractivity contribution in [3.8, 4) is 0 Å². The van der Waals surface area contributed by atoms with Gasteiger partial charge in [0.1, 0.15) is 10.9 Å². The number of sulfonamides is 1. The largest absolute Gasteiger partial charge is 0.480 e. The van der Waals surface area contributed by atoms with E-state index in [0.717, 1.165) is 0 Å². The molecule has 2 N–H and O–H groups in total. The number of hydrogen-bond acceptors (Lipinski definition) is 4. The van der Waals surface area contributed by atoms with Crippen molar-refractivity contribution in [3.63, 3.8) is 0 Å². The van der Waals surface area contributed by atoms with E-state index in [1.54, 1.807) is 6.92 Å². The monoisotopic (exact) mass is 275 g/mol. The van der Waals surface area contributed by atoms with E-state index in [-0.39, 0.29) is 11.3 Å². The predicted octanol–water partition coefficient (Wildman–Crippen LogP) is 0.435. The molecule has 8 heteroatoms. The Balaban J connectivity index is 2.89. The van der Waals surface area contributed by atoms with Crippen LogP contribution < -0.4 is 4.72 Å². The average Bonchev–Trinajstić information content (AvgIpc) is 2.77. The highest BCUT2D eigenvalue weighted by atomic mass is 32.2. The summed E-state index contributed by atoms with van der Waals surface area (Å²) >= 11 is 0. The fraction of sp³-hybridized carbons (Fsp3) is 0.600. The smallest absolute Gasteiger partial charge is 0.321 e. The molecule has 0 saturated heterocycles. The maximum absolute atomic E-state index is 11.9.